The molecule has 2 atom stereocenters. The van der Waals surface area contributed by atoms with E-state index in [1.807, 2.05) is 89.3 Å². The molecule has 39 heavy (non-hydrogen) atoms. The number of nitrogens with one attached hydrogen (secondary N) is 2. The van der Waals surface area contributed by atoms with Crippen LogP contribution in [0.3, 0.4) is 0 Å². The molecule has 1 aromatic carbocycles. The van der Waals surface area contributed by atoms with E-state index in [2.05, 4.69) is 56.7 Å². The van der Waals surface area contributed by atoms with Crippen molar-refractivity contribution in [2.45, 2.75) is 93.5 Å². The average molecular weight is 538 g/mol. The van der Waals surface area contributed by atoms with Crippen molar-refractivity contribution in [1.82, 2.24) is 10.6 Å². The Morgan fingerprint density at radius 1 is 1.10 bits per heavy atom. The topological polar surface area (TPSA) is 67.2 Å². The van der Waals surface area contributed by atoms with Crippen molar-refractivity contribution in [3.05, 3.63) is 109 Å². The highest BCUT2D eigenvalue weighted by Gasteiger charge is 2.16. The predicted molar refractivity (Wildman–Crippen MR) is 176 cm³/mol. The van der Waals surface area contributed by atoms with E-state index in [4.69, 9.17) is 5.73 Å². The molecule has 0 heterocycles. The van der Waals surface area contributed by atoms with Crippen molar-refractivity contribution in [3.8, 4) is 0 Å². The summed E-state index contributed by atoms with van der Waals surface area (Å²) >= 11 is 0. The molecule has 1 amide bonds. The summed E-state index contributed by atoms with van der Waals surface area (Å²) in [4.78, 5) is 12.2. The lowest BCUT2D eigenvalue weighted by atomic mass is 9.93. The highest BCUT2D eigenvalue weighted by Crippen LogP contribution is 2.22. The minimum absolute atomic E-state index is 0.0305. The Bertz CT molecular complexity index is 863. The van der Waals surface area contributed by atoms with Gasteiger partial charge in [-0.3, -0.25) is 4.79 Å². The number of likely N-dealkylation sites (N-methyl/N-ethyl adjacent to an activating group) is 1. The van der Waals surface area contributed by atoms with Crippen LogP contribution in [0.25, 0.3) is 0 Å². The summed E-state index contributed by atoms with van der Waals surface area (Å²) in [7, 11) is 1.80. The van der Waals surface area contributed by atoms with Crippen molar-refractivity contribution < 1.29 is 4.79 Å². The van der Waals surface area contributed by atoms with Crippen LogP contribution in [0.2, 0.25) is 0 Å². The number of rotatable bonds is 10. The molecule has 0 aliphatic heterocycles. The standard InChI is InChI=1S/C17H22N2O.C11H17N.C3H8.2C2H6/c1-4-5-7-10-14(2)19-17(20)16(18-3)13-15-11-8-6-9-12-15;1-3-4-5-10-8-9(2)6-7-11(10)12;1-3-2;2*1-2/h4-12,16,18H,1,13H2,2-3H3,(H,19,20);3,7-9H,1,4-6,12H2,2H3;3H2,1-2H3;2*1-2H3/b7-5-,14-10+;;;;. The van der Waals surface area contributed by atoms with Gasteiger partial charge >= 0.3 is 0 Å². The van der Waals surface area contributed by atoms with E-state index in [0.29, 0.717) is 12.3 Å². The first-order valence-electron chi connectivity index (χ1n) is 14.6. The van der Waals surface area contributed by atoms with Gasteiger partial charge < -0.3 is 16.4 Å². The van der Waals surface area contributed by atoms with Gasteiger partial charge in [0.15, 0.2) is 0 Å². The Labute approximate surface area is 241 Å². The molecule has 0 radical (unpaired) electrons. The maximum atomic E-state index is 12.2. The maximum absolute atomic E-state index is 12.2. The molecule has 4 N–H and O–H groups in total. The largest absolute Gasteiger partial charge is 0.399 e. The van der Waals surface area contributed by atoms with E-state index in [1.54, 1.807) is 13.1 Å². The van der Waals surface area contributed by atoms with Crippen molar-refractivity contribution in [2.75, 3.05) is 7.05 Å². The van der Waals surface area contributed by atoms with Crippen LogP contribution in [-0.2, 0) is 11.2 Å². The van der Waals surface area contributed by atoms with Crippen LogP contribution in [0.15, 0.2) is 103 Å². The van der Waals surface area contributed by atoms with Gasteiger partial charge in [-0.05, 0) is 62.8 Å². The van der Waals surface area contributed by atoms with Gasteiger partial charge in [0, 0.05) is 11.4 Å². The third-order valence-corrected chi connectivity index (χ3v) is 5.05. The Morgan fingerprint density at radius 2 is 1.69 bits per heavy atom. The number of carbonyl (C=O) groups is 1. The molecule has 4 heteroatoms. The quantitative estimate of drug-likeness (QED) is 0.206. The van der Waals surface area contributed by atoms with Crippen LogP contribution in [0.1, 0.15) is 86.6 Å². The van der Waals surface area contributed by atoms with Crippen LogP contribution >= 0.6 is 0 Å². The molecule has 1 aliphatic carbocycles. The Balaban J connectivity index is -0.000000578. The fourth-order valence-corrected chi connectivity index (χ4v) is 3.21. The highest BCUT2D eigenvalue weighted by atomic mass is 16.2. The first kappa shape index (κ1) is 40.4. The van der Waals surface area contributed by atoms with E-state index in [1.165, 1.54) is 12.0 Å². The smallest absolute Gasteiger partial charge is 0.241 e. The van der Waals surface area contributed by atoms with Crippen molar-refractivity contribution >= 4 is 5.91 Å². The summed E-state index contributed by atoms with van der Waals surface area (Å²) in [5, 5.41) is 5.93. The number of amides is 1. The van der Waals surface area contributed by atoms with Crippen molar-refractivity contribution in [1.29, 1.82) is 0 Å². The van der Waals surface area contributed by atoms with Gasteiger partial charge in [0.25, 0.3) is 0 Å². The molecular weight excluding hydrogens is 478 g/mol. The molecule has 0 saturated heterocycles. The zero-order valence-corrected chi connectivity index (χ0v) is 26.5. The lowest BCUT2D eigenvalue weighted by Crippen LogP contribution is -2.43. The lowest BCUT2D eigenvalue weighted by molar-refractivity contribution is -0.122. The Kier molecular flexibility index (Phi) is 30.5. The zero-order valence-electron chi connectivity index (χ0n) is 26.5. The molecule has 0 fully saturated rings. The molecular formula is C35H59N3O. The van der Waals surface area contributed by atoms with E-state index in [-0.39, 0.29) is 11.9 Å². The fourth-order valence-electron chi connectivity index (χ4n) is 3.21. The van der Waals surface area contributed by atoms with Crippen molar-refractivity contribution in [3.63, 3.8) is 0 Å². The van der Waals surface area contributed by atoms with Crippen LogP contribution in [0.4, 0.5) is 0 Å². The molecule has 1 aromatic rings. The lowest BCUT2D eigenvalue weighted by Gasteiger charge is -2.16. The molecule has 0 bridgehead atoms. The van der Waals surface area contributed by atoms with Gasteiger partial charge in [0.2, 0.25) is 5.91 Å². The number of benzene rings is 1. The molecule has 2 rings (SSSR count). The Morgan fingerprint density at radius 3 is 2.21 bits per heavy atom. The normalized spacial score (nSPS) is 14.6. The summed E-state index contributed by atoms with van der Waals surface area (Å²) in [5.74, 6) is 0.620. The van der Waals surface area contributed by atoms with Gasteiger partial charge in [0.1, 0.15) is 0 Å². The number of hydrogen-bond donors (Lipinski definition) is 3. The third kappa shape index (κ3) is 22.6. The maximum Gasteiger partial charge on any atom is 0.241 e. The van der Waals surface area contributed by atoms with Crippen LogP contribution in [0.5, 0.6) is 0 Å². The number of nitrogens with two attached hydrogens (primary N) is 1. The summed E-state index contributed by atoms with van der Waals surface area (Å²) in [6, 6.07) is 9.72. The summed E-state index contributed by atoms with van der Waals surface area (Å²) in [6.45, 7) is 23.6. The zero-order chi connectivity index (χ0) is 30.5. The molecule has 0 aromatic heterocycles. The number of hydrogen-bond acceptors (Lipinski definition) is 3. The minimum atomic E-state index is -0.246. The molecule has 0 saturated carbocycles. The highest BCUT2D eigenvalue weighted by molar-refractivity contribution is 5.83. The second kappa shape index (κ2) is 29.4. The third-order valence-electron chi connectivity index (χ3n) is 5.05. The van der Waals surface area contributed by atoms with Crippen LogP contribution < -0.4 is 16.4 Å². The molecule has 220 valence electrons. The fraction of sp³-hybridized carbons (Fsp3) is 0.457. The molecule has 0 spiro atoms. The van der Waals surface area contributed by atoms with E-state index in [0.717, 1.165) is 36.2 Å². The number of carbonyl (C=O) groups excluding carboxylic acids is 1. The average Bonchev–Trinajstić information content (AvgIpc) is 2.96. The first-order chi connectivity index (χ1) is 18.8. The van der Waals surface area contributed by atoms with Gasteiger partial charge in [-0.2, -0.15) is 0 Å². The van der Waals surface area contributed by atoms with Crippen LogP contribution in [0, 0.1) is 5.92 Å². The van der Waals surface area contributed by atoms with Gasteiger partial charge in [-0.15, -0.1) is 6.58 Å². The van der Waals surface area contributed by atoms with E-state index >= 15 is 0 Å². The van der Waals surface area contributed by atoms with Gasteiger partial charge in [-0.25, -0.2) is 0 Å². The Hall–Kier alpha value is -3.11. The number of allylic oxidation sites excluding steroid dienone is 9. The van der Waals surface area contributed by atoms with Gasteiger partial charge in [0.05, 0.1) is 6.04 Å². The SMILES string of the molecule is C=C/C=C\C=C(/C)NC(=O)C(Cc1ccccc1)NC.C=CCCC1=CC(C)CC=C1N.CC.CC.CCC. The van der Waals surface area contributed by atoms with E-state index < -0.39 is 0 Å². The first-order valence-corrected chi connectivity index (χ1v) is 14.6. The van der Waals surface area contributed by atoms with Crippen LogP contribution in [-0.4, -0.2) is 19.0 Å². The summed E-state index contributed by atoms with van der Waals surface area (Å²) < 4.78 is 0. The summed E-state index contributed by atoms with van der Waals surface area (Å²) in [6.07, 6.45) is 18.6. The van der Waals surface area contributed by atoms with Gasteiger partial charge in [-0.1, -0.05) is 128 Å². The predicted octanol–water partition coefficient (Wildman–Crippen LogP) is 8.81. The molecule has 2 unspecified atom stereocenters. The second-order valence-electron chi connectivity index (χ2n) is 8.59. The van der Waals surface area contributed by atoms with E-state index in [9.17, 15) is 4.79 Å². The monoisotopic (exact) mass is 537 g/mol. The second-order valence-corrected chi connectivity index (χ2v) is 8.59. The molecule has 1 aliphatic rings. The van der Waals surface area contributed by atoms with Crippen molar-refractivity contribution in [2.24, 2.45) is 11.7 Å². The minimum Gasteiger partial charge on any atom is -0.399 e. The summed E-state index contributed by atoms with van der Waals surface area (Å²) in [5.41, 5.74) is 10.0. The molecule has 4 nitrogen and oxygen atoms in total.